The SMILES string of the molecule is Nc1n[nH]c(C(=O)Nc2ccc([N+](=O)[O-])c(Cl)c2)n1. The molecule has 0 bridgehead atoms. The maximum atomic E-state index is 11.7. The average Bonchev–Trinajstić information content (AvgIpc) is 2.75. The number of amides is 1. The molecular formula is C9H7ClN6O3. The summed E-state index contributed by atoms with van der Waals surface area (Å²) in [6, 6.07) is 3.80. The molecule has 98 valence electrons. The highest BCUT2D eigenvalue weighted by Crippen LogP contribution is 2.27. The molecular weight excluding hydrogens is 276 g/mol. The van der Waals surface area contributed by atoms with Crippen molar-refractivity contribution in [1.82, 2.24) is 15.2 Å². The number of hydrogen-bond donors (Lipinski definition) is 3. The molecule has 1 aromatic carbocycles. The monoisotopic (exact) mass is 282 g/mol. The van der Waals surface area contributed by atoms with Crippen LogP contribution in [0.3, 0.4) is 0 Å². The van der Waals surface area contributed by atoms with Gasteiger partial charge >= 0.3 is 0 Å². The first-order valence-corrected chi connectivity index (χ1v) is 5.28. The summed E-state index contributed by atoms with van der Waals surface area (Å²) in [7, 11) is 0. The number of nitro benzene ring substituents is 1. The number of nitrogens with two attached hydrogens (primary N) is 1. The molecule has 0 radical (unpaired) electrons. The molecule has 0 saturated carbocycles. The van der Waals surface area contributed by atoms with E-state index in [-0.39, 0.29) is 28.2 Å². The first kappa shape index (κ1) is 12.8. The van der Waals surface area contributed by atoms with Gasteiger partial charge in [-0.25, -0.2) is 0 Å². The third-order valence-electron chi connectivity index (χ3n) is 2.12. The molecule has 1 amide bonds. The van der Waals surface area contributed by atoms with E-state index in [0.717, 1.165) is 0 Å². The molecule has 0 aliphatic rings. The predicted octanol–water partition coefficient (Wildman–Crippen LogP) is 1.20. The van der Waals surface area contributed by atoms with Crippen molar-refractivity contribution in [2.45, 2.75) is 0 Å². The van der Waals surface area contributed by atoms with Gasteiger partial charge in [-0.2, -0.15) is 4.98 Å². The first-order valence-electron chi connectivity index (χ1n) is 4.90. The number of anilines is 2. The van der Waals surface area contributed by atoms with Gasteiger partial charge in [0.2, 0.25) is 11.8 Å². The van der Waals surface area contributed by atoms with Gasteiger partial charge in [0.1, 0.15) is 5.02 Å². The Kier molecular flexibility index (Phi) is 3.29. The van der Waals surface area contributed by atoms with E-state index in [4.69, 9.17) is 17.3 Å². The third-order valence-corrected chi connectivity index (χ3v) is 2.42. The standard InChI is InChI=1S/C9H7ClN6O3/c10-5-3-4(1-2-6(5)16(18)19)12-8(17)7-13-9(11)15-14-7/h1-3H,(H,12,17)(H3,11,13,14,15). The van der Waals surface area contributed by atoms with E-state index in [2.05, 4.69) is 20.5 Å². The number of nitrogens with zero attached hydrogens (tertiary/aromatic N) is 3. The van der Waals surface area contributed by atoms with Gasteiger partial charge in [0.25, 0.3) is 11.6 Å². The lowest BCUT2D eigenvalue weighted by molar-refractivity contribution is -0.384. The Morgan fingerprint density at radius 2 is 2.26 bits per heavy atom. The molecule has 0 unspecified atom stereocenters. The van der Waals surface area contributed by atoms with Gasteiger partial charge in [-0.1, -0.05) is 11.6 Å². The molecule has 1 heterocycles. The molecule has 4 N–H and O–H groups in total. The lowest BCUT2D eigenvalue weighted by atomic mass is 10.3. The number of halogens is 1. The van der Waals surface area contributed by atoms with Crippen LogP contribution in [0.1, 0.15) is 10.6 Å². The zero-order chi connectivity index (χ0) is 14.0. The van der Waals surface area contributed by atoms with E-state index < -0.39 is 10.8 Å². The van der Waals surface area contributed by atoms with Crippen LogP contribution in [0.15, 0.2) is 18.2 Å². The Morgan fingerprint density at radius 3 is 2.79 bits per heavy atom. The number of H-pyrrole nitrogens is 1. The molecule has 0 aliphatic heterocycles. The Morgan fingerprint density at radius 1 is 1.53 bits per heavy atom. The van der Waals surface area contributed by atoms with Gasteiger partial charge in [-0.15, -0.1) is 5.10 Å². The number of aromatic amines is 1. The minimum Gasteiger partial charge on any atom is -0.366 e. The van der Waals surface area contributed by atoms with E-state index in [9.17, 15) is 14.9 Å². The van der Waals surface area contributed by atoms with Crippen LogP contribution < -0.4 is 11.1 Å². The second-order valence-corrected chi connectivity index (χ2v) is 3.83. The summed E-state index contributed by atoms with van der Waals surface area (Å²) in [5.41, 5.74) is 5.30. The van der Waals surface area contributed by atoms with E-state index >= 15 is 0 Å². The number of rotatable bonds is 3. The summed E-state index contributed by atoms with van der Waals surface area (Å²) in [6.45, 7) is 0. The smallest absolute Gasteiger partial charge is 0.293 e. The zero-order valence-electron chi connectivity index (χ0n) is 9.25. The first-order chi connectivity index (χ1) is 8.97. The number of benzene rings is 1. The molecule has 2 rings (SSSR count). The van der Waals surface area contributed by atoms with E-state index in [1.54, 1.807) is 0 Å². The fourth-order valence-corrected chi connectivity index (χ4v) is 1.55. The van der Waals surface area contributed by atoms with E-state index in [0.29, 0.717) is 0 Å². The molecule has 0 atom stereocenters. The van der Waals surface area contributed by atoms with Crippen LogP contribution in [0.5, 0.6) is 0 Å². The van der Waals surface area contributed by atoms with Crippen LogP contribution in [-0.2, 0) is 0 Å². The predicted molar refractivity (Wildman–Crippen MR) is 66.9 cm³/mol. The molecule has 10 heteroatoms. The molecule has 2 aromatic rings. The maximum Gasteiger partial charge on any atom is 0.293 e. The van der Waals surface area contributed by atoms with Gasteiger partial charge in [0, 0.05) is 11.8 Å². The van der Waals surface area contributed by atoms with Crippen molar-refractivity contribution < 1.29 is 9.72 Å². The van der Waals surface area contributed by atoms with Crippen LogP contribution in [0.2, 0.25) is 5.02 Å². The third kappa shape index (κ3) is 2.77. The number of hydrogen-bond acceptors (Lipinski definition) is 6. The number of carbonyl (C=O) groups is 1. The van der Waals surface area contributed by atoms with E-state index in [1.807, 2.05) is 0 Å². The second kappa shape index (κ2) is 4.90. The summed E-state index contributed by atoms with van der Waals surface area (Å²) in [5.74, 6) is -0.729. The Labute approximate surface area is 110 Å². The summed E-state index contributed by atoms with van der Waals surface area (Å²) < 4.78 is 0. The molecule has 19 heavy (non-hydrogen) atoms. The van der Waals surface area contributed by atoms with Gasteiger partial charge < -0.3 is 11.1 Å². The van der Waals surface area contributed by atoms with Crippen molar-refractivity contribution in [3.63, 3.8) is 0 Å². The lowest BCUT2D eigenvalue weighted by Crippen LogP contribution is -2.13. The summed E-state index contributed by atoms with van der Waals surface area (Å²) in [4.78, 5) is 25.3. The number of carbonyl (C=O) groups excluding carboxylic acids is 1. The number of nitrogens with one attached hydrogen (secondary N) is 2. The molecule has 0 aliphatic carbocycles. The van der Waals surface area contributed by atoms with Crippen LogP contribution in [-0.4, -0.2) is 26.0 Å². The molecule has 0 spiro atoms. The van der Waals surface area contributed by atoms with Gasteiger partial charge in [-0.05, 0) is 12.1 Å². The van der Waals surface area contributed by atoms with Crippen LogP contribution in [0.4, 0.5) is 17.3 Å². The number of nitro groups is 1. The van der Waals surface area contributed by atoms with E-state index in [1.165, 1.54) is 18.2 Å². The fraction of sp³-hybridized carbons (Fsp3) is 0. The van der Waals surface area contributed by atoms with Crippen molar-refractivity contribution >= 4 is 34.8 Å². The topological polar surface area (TPSA) is 140 Å². The highest BCUT2D eigenvalue weighted by atomic mass is 35.5. The lowest BCUT2D eigenvalue weighted by Gasteiger charge is -2.03. The molecule has 0 saturated heterocycles. The van der Waals surface area contributed by atoms with Crippen molar-refractivity contribution in [2.75, 3.05) is 11.1 Å². The summed E-state index contributed by atoms with van der Waals surface area (Å²) in [5, 5.41) is 18.8. The van der Waals surface area contributed by atoms with Crippen LogP contribution >= 0.6 is 11.6 Å². The summed E-state index contributed by atoms with van der Waals surface area (Å²) in [6.07, 6.45) is 0. The highest BCUT2D eigenvalue weighted by Gasteiger charge is 2.15. The van der Waals surface area contributed by atoms with Crippen molar-refractivity contribution in [2.24, 2.45) is 0 Å². The Balaban J connectivity index is 2.18. The van der Waals surface area contributed by atoms with Crippen LogP contribution in [0.25, 0.3) is 0 Å². The minimum absolute atomic E-state index is 0.0631. The summed E-state index contributed by atoms with van der Waals surface area (Å²) >= 11 is 5.71. The fourth-order valence-electron chi connectivity index (χ4n) is 1.30. The highest BCUT2D eigenvalue weighted by molar-refractivity contribution is 6.33. The van der Waals surface area contributed by atoms with Crippen molar-refractivity contribution in [1.29, 1.82) is 0 Å². The van der Waals surface area contributed by atoms with Gasteiger partial charge in [0.15, 0.2) is 0 Å². The quantitative estimate of drug-likeness (QED) is 0.571. The second-order valence-electron chi connectivity index (χ2n) is 3.42. The minimum atomic E-state index is -0.620. The molecule has 9 nitrogen and oxygen atoms in total. The Hall–Kier alpha value is -2.68. The van der Waals surface area contributed by atoms with Crippen molar-refractivity contribution in [3.05, 3.63) is 39.2 Å². The molecule has 1 aromatic heterocycles. The van der Waals surface area contributed by atoms with Crippen LogP contribution in [0, 0.1) is 10.1 Å². The zero-order valence-corrected chi connectivity index (χ0v) is 10.0. The number of aromatic nitrogens is 3. The number of nitrogen functional groups attached to an aromatic ring is 1. The van der Waals surface area contributed by atoms with Crippen molar-refractivity contribution in [3.8, 4) is 0 Å². The maximum absolute atomic E-state index is 11.7. The van der Waals surface area contributed by atoms with Gasteiger partial charge in [-0.3, -0.25) is 20.0 Å². The van der Waals surface area contributed by atoms with Gasteiger partial charge in [0.05, 0.1) is 4.92 Å². The molecule has 0 fully saturated rings. The Bertz CT molecular complexity index is 655. The largest absolute Gasteiger partial charge is 0.366 e. The average molecular weight is 283 g/mol. The normalized spacial score (nSPS) is 10.2.